The number of H-pyrrole nitrogens is 1. The quantitative estimate of drug-likeness (QED) is 0.417. The van der Waals surface area contributed by atoms with Crippen molar-refractivity contribution in [3.8, 4) is 0 Å². The van der Waals surface area contributed by atoms with Crippen LogP contribution in [0.15, 0.2) is 27.8 Å². The van der Waals surface area contributed by atoms with Crippen molar-refractivity contribution in [2.75, 3.05) is 11.9 Å². The number of nitrogens with one attached hydrogen (secondary N) is 3. The lowest BCUT2D eigenvalue weighted by atomic mass is 10.1. The minimum absolute atomic E-state index is 0.211. The standard InChI is InChI=1S/C23H31ClN6O3/c1-5-7-10-30-20-19(22(32)28-23(30)33)29(6-2)18(27-20)13-25-15-8-9-16(17(24)11-15)21(31)26-12-14(3)4/h8-9,11,14,25H,5-7,10,12-13H2,1-4H3,(H,26,31)(H,28,32,33). The third-order valence-corrected chi connectivity index (χ3v) is 5.66. The van der Waals surface area contributed by atoms with Crippen LogP contribution < -0.4 is 21.9 Å². The van der Waals surface area contributed by atoms with Crippen LogP contribution in [0.25, 0.3) is 11.2 Å². The first-order chi connectivity index (χ1) is 15.8. The van der Waals surface area contributed by atoms with E-state index in [4.69, 9.17) is 11.6 Å². The average molecular weight is 475 g/mol. The monoisotopic (exact) mass is 474 g/mol. The highest BCUT2D eigenvalue weighted by Gasteiger charge is 2.18. The summed E-state index contributed by atoms with van der Waals surface area (Å²) in [6, 6.07) is 5.14. The number of amides is 1. The molecular formula is C23H31ClN6O3. The maximum absolute atomic E-state index is 12.5. The number of rotatable bonds is 10. The second-order valence-corrected chi connectivity index (χ2v) is 8.77. The van der Waals surface area contributed by atoms with Gasteiger partial charge >= 0.3 is 5.69 Å². The van der Waals surface area contributed by atoms with Crippen molar-refractivity contribution >= 4 is 34.4 Å². The van der Waals surface area contributed by atoms with Gasteiger partial charge in [-0.05, 0) is 37.5 Å². The number of aryl methyl sites for hydroxylation is 2. The zero-order chi connectivity index (χ0) is 24.1. The molecule has 0 saturated heterocycles. The van der Waals surface area contributed by atoms with Crippen molar-refractivity contribution in [3.05, 3.63) is 55.4 Å². The number of benzene rings is 1. The Morgan fingerprint density at radius 2 is 1.97 bits per heavy atom. The van der Waals surface area contributed by atoms with Crippen molar-refractivity contribution < 1.29 is 4.79 Å². The number of unbranched alkanes of at least 4 members (excludes halogenated alkanes) is 1. The highest BCUT2D eigenvalue weighted by atomic mass is 35.5. The summed E-state index contributed by atoms with van der Waals surface area (Å²) in [7, 11) is 0. The summed E-state index contributed by atoms with van der Waals surface area (Å²) in [5.41, 5.74) is 1.02. The molecule has 0 aliphatic heterocycles. The van der Waals surface area contributed by atoms with Gasteiger partial charge in [-0.25, -0.2) is 9.78 Å². The average Bonchev–Trinajstić information content (AvgIpc) is 3.14. The molecule has 1 amide bonds. The van der Waals surface area contributed by atoms with Crippen molar-refractivity contribution in [1.82, 2.24) is 24.4 Å². The van der Waals surface area contributed by atoms with Gasteiger partial charge in [-0.15, -0.1) is 0 Å². The fraction of sp³-hybridized carbons (Fsp3) is 0.478. The molecule has 0 bridgehead atoms. The number of imidazole rings is 1. The summed E-state index contributed by atoms with van der Waals surface area (Å²) >= 11 is 6.35. The van der Waals surface area contributed by atoms with E-state index >= 15 is 0 Å². The number of anilines is 1. The number of halogens is 1. The highest BCUT2D eigenvalue weighted by molar-refractivity contribution is 6.34. The van der Waals surface area contributed by atoms with E-state index in [-0.39, 0.29) is 5.91 Å². The molecule has 9 nitrogen and oxygen atoms in total. The summed E-state index contributed by atoms with van der Waals surface area (Å²) in [5.74, 6) is 0.762. The number of hydrogen-bond acceptors (Lipinski definition) is 5. The summed E-state index contributed by atoms with van der Waals surface area (Å²) < 4.78 is 3.33. The van der Waals surface area contributed by atoms with E-state index in [1.165, 1.54) is 4.57 Å². The third-order valence-electron chi connectivity index (χ3n) is 5.35. The Kier molecular flexibility index (Phi) is 7.97. The van der Waals surface area contributed by atoms with Crippen LogP contribution in [0.1, 0.15) is 56.7 Å². The molecule has 0 radical (unpaired) electrons. The summed E-state index contributed by atoms with van der Waals surface area (Å²) in [5, 5.41) is 6.45. The molecule has 2 heterocycles. The molecule has 0 saturated carbocycles. The second kappa shape index (κ2) is 10.7. The van der Waals surface area contributed by atoms with Gasteiger partial charge in [-0.1, -0.05) is 38.8 Å². The molecule has 0 aliphatic rings. The van der Waals surface area contributed by atoms with Crippen LogP contribution in [0.2, 0.25) is 5.02 Å². The van der Waals surface area contributed by atoms with Crippen LogP contribution in [0.3, 0.4) is 0 Å². The molecule has 0 spiro atoms. The van der Waals surface area contributed by atoms with Crippen molar-refractivity contribution in [3.63, 3.8) is 0 Å². The first kappa shape index (κ1) is 24.6. The molecule has 3 N–H and O–H groups in total. The van der Waals surface area contributed by atoms with Gasteiger partial charge in [-0.2, -0.15) is 0 Å². The minimum Gasteiger partial charge on any atom is -0.378 e. The van der Waals surface area contributed by atoms with E-state index in [0.29, 0.717) is 65.4 Å². The normalized spacial score (nSPS) is 11.3. The Morgan fingerprint density at radius 3 is 2.61 bits per heavy atom. The Labute approximate surface area is 197 Å². The topological polar surface area (TPSA) is 114 Å². The lowest BCUT2D eigenvalue weighted by molar-refractivity contribution is 0.0949. The third kappa shape index (κ3) is 5.47. The lowest BCUT2D eigenvalue weighted by Crippen LogP contribution is -2.31. The van der Waals surface area contributed by atoms with Gasteiger partial charge in [0.1, 0.15) is 5.82 Å². The Balaban J connectivity index is 1.86. The summed E-state index contributed by atoms with van der Waals surface area (Å²) in [6.45, 7) is 9.92. The number of nitrogens with zero attached hydrogens (tertiary/aromatic N) is 3. The maximum atomic E-state index is 12.5. The van der Waals surface area contributed by atoms with Crippen LogP contribution in [0, 0.1) is 5.92 Å². The molecule has 3 rings (SSSR count). The summed E-state index contributed by atoms with van der Waals surface area (Å²) in [4.78, 5) is 44.2. The van der Waals surface area contributed by atoms with Crippen LogP contribution >= 0.6 is 11.6 Å². The Bertz CT molecular complexity index is 1260. The zero-order valence-electron chi connectivity index (χ0n) is 19.5. The van der Waals surface area contributed by atoms with E-state index in [0.717, 1.165) is 12.8 Å². The SMILES string of the molecule is CCCCn1c(=O)[nH]c(=O)c2c1nc(CNc1ccc(C(=O)NCC(C)C)c(Cl)c1)n2CC. The first-order valence-corrected chi connectivity index (χ1v) is 11.7. The number of aromatic nitrogens is 4. The zero-order valence-corrected chi connectivity index (χ0v) is 20.3. The van der Waals surface area contributed by atoms with E-state index in [2.05, 4.69) is 20.6 Å². The molecule has 0 atom stereocenters. The second-order valence-electron chi connectivity index (χ2n) is 8.36. The van der Waals surface area contributed by atoms with E-state index in [9.17, 15) is 14.4 Å². The molecule has 0 aliphatic carbocycles. The molecule has 3 aromatic rings. The summed E-state index contributed by atoms with van der Waals surface area (Å²) in [6.07, 6.45) is 1.73. The van der Waals surface area contributed by atoms with Gasteiger partial charge in [0.15, 0.2) is 11.2 Å². The van der Waals surface area contributed by atoms with Gasteiger partial charge in [-0.3, -0.25) is 19.1 Å². The number of aromatic amines is 1. The van der Waals surface area contributed by atoms with Gasteiger partial charge in [0.05, 0.1) is 17.1 Å². The Morgan fingerprint density at radius 1 is 1.21 bits per heavy atom. The molecule has 0 fully saturated rings. The minimum atomic E-state index is -0.445. The van der Waals surface area contributed by atoms with Gasteiger partial charge < -0.3 is 15.2 Å². The van der Waals surface area contributed by atoms with Crippen molar-refractivity contribution in [2.45, 2.75) is 60.2 Å². The molecule has 178 valence electrons. The predicted octanol–water partition coefficient (Wildman–Crippen LogP) is 3.36. The van der Waals surface area contributed by atoms with Crippen molar-refractivity contribution in [1.29, 1.82) is 0 Å². The number of carbonyl (C=O) groups is 1. The lowest BCUT2D eigenvalue weighted by Gasteiger charge is -2.11. The van der Waals surface area contributed by atoms with Crippen molar-refractivity contribution in [2.24, 2.45) is 5.92 Å². The fourth-order valence-corrected chi connectivity index (χ4v) is 3.87. The molecule has 2 aromatic heterocycles. The molecule has 10 heteroatoms. The fourth-order valence-electron chi connectivity index (χ4n) is 3.60. The molecule has 0 unspecified atom stereocenters. The van der Waals surface area contributed by atoms with Gasteiger partial charge in [0.25, 0.3) is 11.5 Å². The first-order valence-electron chi connectivity index (χ1n) is 11.3. The molecule has 33 heavy (non-hydrogen) atoms. The highest BCUT2D eigenvalue weighted by Crippen LogP contribution is 2.22. The number of fused-ring (bicyclic) bond motifs is 1. The van der Waals surface area contributed by atoms with E-state index < -0.39 is 11.2 Å². The maximum Gasteiger partial charge on any atom is 0.330 e. The van der Waals surface area contributed by atoms with Crippen LogP contribution in [0.5, 0.6) is 0 Å². The Hall–Kier alpha value is -3.07. The number of hydrogen-bond donors (Lipinski definition) is 3. The molecule has 1 aromatic carbocycles. The molecular weight excluding hydrogens is 444 g/mol. The largest absolute Gasteiger partial charge is 0.378 e. The van der Waals surface area contributed by atoms with Gasteiger partial charge in [0.2, 0.25) is 0 Å². The van der Waals surface area contributed by atoms with E-state index in [1.54, 1.807) is 22.8 Å². The predicted molar refractivity (Wildman–Crippen MR) is 131 cm³/mol. The van der Waals surface area contributed by atoms with Gasteiger partial charge in [0, 0.05) is 25.3 Å². The van der Waals surface area contributed by atoms with Crippen LogP contribution in [0.4, 0.5) is 5.69 Å². The smallest absolute Gasteiger partial charge is 0.330 e. The number of carbonyl (C=O) groups excluding carboxylic acids is 1. The van der Waals surface area contributed by atoms with Crippen LogP contribution in [-0.2, 0) is 19.6 Å². The van der Waals surface area contributed by atoms with Crippen LogP contribution in [-0.4, -0.2) is 31.6 Å². The van der Waals surface area contributed by atoms with E-state index in [1.807, 2.05) is 27.7 Å².